The van der Waals surface area contributed by atoms with E-state index < -0.39 is 34.2 Å². The van der Waals surface area contributed by atoms with Crippen molar-refractivity contribution in [2.45, 2.75) is 18.5 Å². The highest BCUT2D eigenvalue weighted by atomic mass is 32.3. The van der Waals surface area contributed by atoms with Gasteiger partial charge in [0.2, 0.25) is 5.91 Å². The van der Waals surface area contributed by atoms with E-state index in [0.29, 0.717) is 11.3 Å². The first-order chi connectivity index (χ1) is 14.1. The third-order valence-electron chi connectivity index (χ3n) is 4.97. The smallest absolute Gasteiger partial charge is 0.339 e. The second kappa shape index (κ2) is 8.63. The number of nitriles is 1. The van der Waals surface area contributed by atoms with Crippen LogP contribution in [0.4, 0.5) is 13.2 Å². The number of carbonyl (C=O) groups is 1. The molecule has 2 N–H and O–H groups in total. The fourth-order valence-corrected chi connectivity index (χ4v) is 4.50. The van der Waals surface area contributed by atoms with Gasteiger partial charge in [-0.3, -0.25) is 18.9 Å². The summed E-state index contributed by atoms with van der Waals surface area (Å²) in [6.45, 7) is 0.245. The van der Waals surface area contributed by atoms with Crippen LogP contribution in [0.5, 0.6) is 0 Å². The fraction of sp³-hybridized carbons (Fsp3) is 0.350. The van der Waals surface area contributed by atoms with E-state index in [2.05, 4.69) is 4.98 Å². The summed E-state index contributed by atoms with van der Waals surface area (Å²) >= 11 is 0. The molecule has 6 nitrogen and oxygen atoms in total. The molecule has 2 heterocycles. The number of pyridine rings is 1. The Morgan fingerprint density at radius 1 is 1.23 bits per heavy atom. The largest absolute Gasteiger partial charge is 0.416 e. The molecule has 0 bridgehead atoms. The van der Waals surface area contributed by atoms with Gasteiger partial charge in [0, 0.05) is 31.4 Å². The lowest BCUT2D eigenvalue weighted by Gasteiger charge is -2.42. The Morgan fingerprint density at radius 2 is 1.93 bits per heavy atom. The number of nitrogens with zero attached hydrogens (tertiary/aromatic N) is 3. The van der Waals surface area contributed by atoms with Crippen molar-refractivity contribution in [1.29, 1.82) is 5.26 Å². The SMILES string of the molecule is N#Cc1ccc(CC(C(=O)N2CCS(O)(O)CC2)c2cccc(C(F)(F)F)c2)nc1. The normalized spacial score (nSPS) is 18.3. The molecule has 160 valence electrons. The maximum atomic E-state index is 13.2. The first kappa shape index (κ1) is 22.1. The van der Waals surface area contributed by atoms with Gasteiger partial charge in [0.25, 0.3) is 0 Å². The van der Waals surface area contributed by atoms with E-state index >= 15 is 0 Å². The first-order valence-corrected chi connectivity index (χ1v) is 11.0. The number of hydrogen-bond donors (Lipinski definition) is 2. The zero-order valence-electron chi connectivity index (χ0n) is 15.8. The van der Waals surface area contributed by atoms with Crippen molar-refractivity contribution in [2.75, 3.05) is 24.6 Å². The summed E-state index contributed by atoms with van der Waals surface area (Å²) in [7, 11) is -2.72. The van der Waals surface area contributed by atoms with E-state index in [1.54, 1.807) is 6.07 Å². The molecule has 1 aliphatic rings. The number of benzene rings is 1. The van der Waals surface area contributed by atoms with Gasteiger partial charge in [-0.15, -0.1) is 0 Å². The van der Waals surface area contributed by atoms with Gasteiger partial charge in [-0.1, -0.05) is 18.2 Å². The number of aromatic nitrogens is 1. The van der Waals surface area contributed by atoms with Crippen LogP contribution in [0, 0.1) is 11.3 Å². The van der Waals surface area contributed by atoms with Crippen LogP contribution in [0.3, 0.4) is 0 Å². The molecule has 1 aromatic heterocycles. The Balaban J connectivity index is 1.92. The molecule has 1 aliphatic heterocycles. The maximum absolute atomic E-state index is 13.2. The third kappa shape index (κ3) is 5.30. The van der Waals surface area contributed by atoms with Crippen molar-refractivity contribution < 1.29 is 27.1 Å². The second-order valence-electron chi connectivity index (χ2n) is 7.07. The van der Waals surface area contributed by atoms with Crippen molar-refractivity contribution in [3.8, 4) is 6.07 Å². The molecule has 0 aliphatic carbocycles. The van der Waals surface area contributed by atoms with E-state index in [-0.39, 0.29) is 36.6 Å². The van der Waals surface area contributed by atoms with Gasteiger partial charge in [0.1, 0.15) is 6.07 Å². The molecule has 1 aromatic carbocycles. The lowest BCUT2D eigenvalue weighted by molar-refractivity contribution is -0.138. The van der Waals surface area contributed by atoms with Crippen molar-refractivity contribution in [3.63, 3.8) is 0 Å². The number of carbonyl (C=O) groups excluding carboxylic acids is 1. The summed E-state index contributed by atoms with van der Waals surface area (Å²) < 4.78 is 59.1. The van der Waals surface area contributed by atoms with E-state index in [9.17, 15) is 27.1 Å². The molecule has 10 heteroatoms. The summed E-state index contributed by atoms with van der Waals surface area (Å²) in [6, 6.07) is 9.68. The third-order valence-corrected chi connectivity index (χ3v) is 6.64. The van der Waals surface area contributed by atoms with Gasteiger partial charge < -0.3 is 4.90 Å². The monoisotopic (exact) mass is 439 g/mol. The second-order valence-corrected chi connectivity index (χ2v) is 9.49. The molecule has 0 radical (unpaired) electrons. The van der Waals surface area contributed by atoms with Gasteiger partial charge in [-0.2, -0.15) is 29.0 Å². The average Bonchev–Trinajstić information content (AvgIpc) is 2.71. The van der Waals surface area contributed by atoms with Gasteiger partial charge in [0.05, 0.1) is 28.6 Å². The Kier molecular flexibility index (Phi) is 6.36. The molecular weight excluding hydrogens is 419 g/mol. The van der Waals surface area contributed by atoms with E-state index in [0.717, 1.165) is 12.1 Å². The zero-order valence-corrected chi connectivity index (χ0v) is 16.7. The Morgan fingerprint density at radius 3 is 2.50 bits per heavy atom. The Hall–Kier alpha value is -2.61. The fourth-order valence-electron chi connectivity index (χ4n) is 3.27. The molecule has 1 fully saturated rings. The van der Waals surface area contributed by atoms with Crippen LogP contribution in [-0.4, -0.2) is 49.5 Å². The van der Waals surface area contributed by atoms with Crippen LogP contribution in [0.1, 0.15) is 28.3 Å². The molecule has 30 heavy (non-hydrogen) atoms. The quantitative estimate of drug-likeness (QED) is 0.753. The maximum Gasteiger partial charge on any atom is 0.416 e. The predicted molar refractivity (Wildman–Crippen MR) is 106 cm³/mol. The minimum atomic E-state index is -4.54. The van der Waals surface area contributed by atoms with Crippen LogP contribution in [0.25, 0.3) is 0 Å². The lowest BCUT2D eigenvalue weighted by atomic mass is 9.91. The van der Waals surface area contributed by atoms with Crippen LogP contribution < -0.4 is 0 Å². The van der Waals surface area contributed by atoms with Crippen LogP contribution in [0.2, 0.25) is 0 Å². The average molecular weight is 439 g/mol. The van der Waals surface area contributed by atoms with Crippen molar-refractivity contribution in [1.82, 2.24) is 9.88 Å². The molecule has 3 rings (SSSR count). The van der Waals surface area contributed by atoms with Crippen molar-refractivity contribution in [2.24, 2.45) is 0 Å². The van der Waals surface area contributed by atoms with Gasteiger partial charge in [-0.05, 0) is 23.8 Å². The molecule has 0 saturated carbocycles. The minimum absolute atomic E-state index is 0.0448. The summed E-state index contributed by atoms with van der Waals surface area (Å²) in [5.41, 5.74) is 0.157. The van der Waals surface area contributed by atoms with Gasteiger partial charge in [-0.25, -0.2) is 0 Å². The van der Waals surface area contributed by atoms with Crippen LogP contribution in [0.15, 0.2) is 42.6 Å². The molecular formula is C20H20F3N3O3S. The minimum Gasteiger partial charge on any atom is -0.339 e. The van der Waals surface area contributed by atoms with Gasteiger partial charge in [0.15, 0.2) is 0 Å². The molecule has 0 spiro atoms. The topological polar surface area (TPSA) is 97.5 Å². The number of hydrogen-bond acceptors (Lipinski definition) is 5. The highest BCUT2D eigenvalue weighted by molar-refractivity contribution is 8.24. The van der Waals surface area contributed by atoms with Crippen molar-refractivity contribution >= 4 is 16.5 Å². The first-order valence-electron chi connectivity index (χ1n) is 9.13. The summed E-state index contributed by atoms with van der Waals surface area (Å²) in [4.78, 5) is 18.8. The number of alkyl halides is 3. The van der Waals surface area contributed by atoms with Crippen LogP contribution >= 0.6 is 10.6 Å². The Labute approximate surface area is 173 Å². The molecule has 1 atom stereocenters. The summed E-state index contributed by atoms with van der Waals surface area (Å²) in [5, 5.41) is 8.90. The molecule has 1 amide bonds. The van der Waals surface area contributed by atoms with E-state index in [4.69, 9.17) is 5.26 Å². The van der Waals surface area contributed by atoms with Crippen molar-refractivity contribution in [3.05, 3.63) is 65.0 Å². The Bertz CT molecular complexity index is 948. The molecule has 2 aromatic rings. The number of amides is 1. The zero-order chi connectivity index (χ0) is 21.9. The standard InChI is InChI=1S/C20H20F3N3O3S/c21-20(22,23)16-3-1-2-15(10-16)18(11-17-5-4-14(12-24)13-25-17)19(27)26-6-8-30(28,29)9-7-26/h1-5,10,13,18,28-29H,6-9,11H2. The summed E-state index contributed by atoms with van der Waals surface area (Å²) in [5.74, 6) is -1.23. The molecule has 1 unspecified atom stereocenters. The highest BCUT2D eigenvalue weighted by Gasteiger charge is 2.34. The van der Waals surface area contributed by atoms with Gasteiger partial charge >= 0.3 is 6.18 Å². The lowest BCUT2D eigenvalue weighted by Crippen LogP contribution is -2.44. The van der Waals surface area contributed by atoms with E-state index in [1.807, 2.05) is 6.07 Å². The predicted octanol–water partition coefficient (Wildman–Crippen LogP) is 3.89. The molecule has 1 saturated heterocycles. The van der Waals surface area contributed by atoms with Crippen LogP contribution in [-0.2, 0) is 17.4 Å². The number of rotatable bonds is 4. The number of halogens is 3. The summed E-state index contributed by atoms with van der Waals surface area (Å²) in [6.07, 6.45) is -3.14. The van der Waals surface area contributed by atoms with E-state index in [1.165, 1.54) is 29.3 Å². The highest BCUT2D eigenvalue weighted by Crippen LogP contribution is 2.41.